The van der Waals surface area contributed by atoms with Gasteiger partial charge in [0.05, 0.1) is 31.5 Å². The van der Waals surface area contributed by atoms with Crippen LogP contribution in [0.4, 0.5) is 11.9 Å². The molecule has 21 heavy (non-hydrogen) atoms. The standard InChI is InChI=1S/C13H18ClN5O2/c1-8-7-20-3-2-19(8)13-16-11(14)15-12(17-13)18-5-9-4-10(6-18)21-9/h8-10H,2-7H2,1H3/t8-,9?,10?/m1/s1. The Bertz CT molecular complexity index is 529. The Kier molecular flexibility index (Phi) is 3.35. The fourth-order valence-electron chi connectivity index (χ4n) is 3.14. The summed E-state index contributed by atoms with van der Waals surface area (Å²) in [6.07, 6.45) is 1.76. The van der Waals surface area contributed by atoms with Crippen molar-refractivity contribution in [1.82, 2.24) is 15.0 Å². The zero-order chi connectivity index (χ0) is 14.4. The van der Waals surface area contributed by atoms with Crippen molar-refractivity contribution in [3.8, 4) is 0 Å². The molecule has 1 aromatic heterocycles. The average Bonchev–Trinajstić information content (AvgIpc) is 2.46. The molecule has 7 nitrogen and oxygen atoms in total. The summed E-state index contributed by atoms with van der Waals surface area (Å²) < 4.78 is 11.1. The van der Waals surface area contributed by atoms with Crippen LogP contribution in [0.2, 0.25) is 5.28 Å². The molecular formula is C13H18ClN5O2. The lowest BCUT2D eigenvalue weighted by atomic mass is 9.99. The topological polar surface area (TPSA) is 63.6 Å². The predicted molar refractivity (Wildman–Crippen MR) is 78.0 cm³/mol. The minimum atomic E-state index is 0.239. The van der Waals surface area contributed by atoms with E-state index in [0.717, 1.165) is 26.1 Å². The van der Waals surface area contributed by atoms with E-state index in [1.165, 1.54) is 0 Å². The SMILES string of the molecule is C[C@@H]1COCCN1c1nc(Cl)nc(N2CC3CC(C2)O3)n1. The summed E-state index contributed by atoms with van der Waals surface area (Å²) in [7, 11) is 0. The van der Waals surface area contributed by atoms with Crippen molar-refractivity contribution in [1.29, 1.82) is 0 Å². The molecule has 0 N–H and O–H groups in total. The third-order valence-electron chi connectivity index (χ3n) is 4.25. The van der Waals surface area contributed by atoms with Gasteiger partial charge in [-0.2, -0.15) is 15.0 Å². The fourth-order valence-corrected chi connectivity index (χ4v) is 3.29. The Labute approximate surface area is 128 Å². The Morgan fingerprint density at radius 1 is 1.14 bits per heavy atom. The second-order valence-corrected chi connectivity index (χ2v) is 6.18. The fraction of sp³-hybridized carbons (Fsp3) is 0.769. The predicted octanol–water partition coefficient (Wildman–Crippen LogP) is 0.728. The third kappa shape index (κ3) is 2.54. The molecule has 4 saturated heterocycles. The lowest BCUT2D eigenvalue weighted by Crippen LogP contribution is -2.57. The van der Waals surface area contributed by atoms with Crippen LogP contribution in [0, 0.1) is 0 Å². The van der Waals surface area contributed by atoms with Crippen LogP contribution < -0.4 is 9.80 Å². The second kappa shape index (κ2) is 5.23. The van der Waals surface area contributed by atoms with E-state index in [2.05, 4.69) is 31.7 Å². The number of fused-ring (bicyclic) bond motifs is 2. The van der Waals surface area contributed by atoms with Crippen molar-refractivity contribution in [2.24, 2.45) is 0 Å². The molecule has 0 aromatic carbocycles. The summed E-state index contributed by atoms with van der Waals surface area (Å²) in [6, 6.07) is 0.239. The average molecular weight is 312 g/mol. The first kappa shape index (κ1) is 13.5. The van der Waals surface area contributed by atoms with Gasteiger partial charge in [0, 0.05) is 26.1 Å². The van der Waals surface area contributed by atoms with E-state index in [0.29, 0.717) is 37.3 Å². The van der Waals surface area contributed by atoms with Gasteiger partial charge < -0.3 is 19.3 Å². The van der Waals surface area contributed by atoms with Gasteiger partial charge in [-0.1, -0.05) is 0 Å². The largest absolute Gasteiger partial charge is 0.377 e. The zero-order valence-corrected chi connectivity index (χ0v) is 12.7. The summed E-state index contributed by atoms with van der Waals surface area (Å²) >= 11 is 6.11. The lowest BCUT2D eigenvalue weighted by molar-refractivity contribution is -0.133. The van der Waals surface area contributed by atoms with E-state index < -0.39 is 0 Å². The molecule has 4 aliphatic heterocycles. The van der Waals surface area contributed by atoms with Gasteiger partial charge in [0.1, 0.15) is 0 Å². The number of rotatable bonds is 2. The van der Waals surface area contributed by atoms with Gasteiger partial charge in [-0.25, -0.2) is 0 Å². The highest BCUT2D eigenvalue weighted by Crippen LogP contribution is 2.30. The summed E-state index contributed by atoms with van der Waals surface area (Å²) in [5, 5.41) is 0.244. The highest BCUT2D eigenvalue weighted by Gasteiger charge is 2.39. The van der Waals surface area contributed by atoms with Gasteiger partial charge in [-0.05, 0) is 18.5 Å². The molecular weight excluding hydrogens is 294 g/mol. The molecule has 0 spiro atoms. The summed E-state index contributed by atoms with van der Waals surface area (Å²) in [5.74, 6) is 1.29. The molecule has 4 aliphatic rings. The van der Waals surface area contributed by atoms with Gasteiger partial charge in [0.2, 0.25) is 17.2 Å². The number of nitrogens with zero attached hydrogens (tertiary/aromatic N) is 5. The van der Waals surface area contributed by atoms with Gasteiger partial charge in [-0.3, -0.25) is 0 Å². The number of hydrogen-bond acceptors (Lipinski definition) is 7. The maximum atomic E-state index is 6.11. The van der Waals surface area contributed by atoms with Gasteiger partial charge in [-0.15, -0.1) is 0 Å². The molecule has 2 unspecified atom stereocenters. The van der Waals surface area contributed by atoms with Crippen molar-refractivity contribution in [3.63, 3.8) is 0 Å². The molecule has 5 rings (SSSR count). The van der Waals surface area contributed by atoms with E-state index in [1.54, 1.807) is 0 Å². The molecule has 0 aliphatic carbocycles. The molecule has 4 fully saturated rings. The van der Waals surface area contributed by atoms with Crippen LogP contribution in [0.3, 0.4) is 0 Å². The second-order valence-electron chi connectivity index (χ2n) is 5.84. The van der Waals surface area contributed by atoms with Crippen LogP contribution in [0.1, 0.15) is 13.3 Å². The molecule has 1 aromatic rings. The smallest absolute Gasteiger partial charge is 0.231 e. The molecule has 5 heterocycles. The van der Waals surface area contributed by atoms with Crippen molar-refractivity contribution >= 4 is 23.5 Å². The molecule has 8 heteroatoms. The van der Waals surface area contributed by atoms with Crippen LogP contribution in [0.25, 0.3) is 0 Å². The van der Waals surface area contributed by atoms with E-state index in [9.17, 15) is 0 Å². The quantitative estimate of drug-likeness (QED) is 0.797. The van der Waals surface area contributed by atoms with E-state index in [-0.39, 0.29) is 11.3 Å². The monoisotopic (exact) mass is 311 g/mol. The van der Waals surface area contributed by atoms with Gasteiger partial charge in [0.15, 0.2) is 0 Å². The molecule has 3 atom stereocenters. The van der Waals surface area contributed by atoms with Crippen LogP contribution in [0.5, 0.6) is 0 Å². The maximum Gasteiger partial charge on any atom is 0.231 e. The minimum Gasteiger partial charge on any atom is -0.377 e. The van der Waals surface area contributed by atoms with Gasteiger partial charge >= 0.3 is 0 Å². The number of anilines is 2. The van der Waals surface area contributed by atoms with E-state index in [1.807, 2.05) is 0 Å². The number of morpholine rings is 2. The van der Waals surface area contributed by atoms with E-state index >= 15 is 0 Å². The Balaban J connectivity index is 1.60. The highest BCUT2D eigenvalue weighted by atomic mass is 35.5. The van der Waals surface area contributed by atoms with Crippen molar-refractivity contribution in [2.75, 3.05) is 42.6 Å². The Morgan fingerprint density at radius 3 is 2.57 bits per heavy atom. The molecule has 2 bridgehead atoms. The lowest BCUT2D eigenvalue weighted by Gasteiger charge is -2.47. The number of piperidine rings is 1. The first-order valence-electron chi connectivity index (χ1n) is 7.35. The summed E-state index contributed by atoms with van der Waals surface area (Å²) in [5.41, 5.74) is 0. The summed E-state index contributed by atoms with van der Waals surface area (Å²) in [4.78, 5) is 17.5. The minimum absolute atomic E-state index is 0.239. The van der Waals surface area contributed by atoms with Crippen LogP contribution in [0.15, 0.2) is 0 Å². The molecule has 0 saturated carbocycles. The zero-order valence-electron chi connectivity index (χ0n) is 11.9. The third-order valence-corrected chi connectivity index (χ3v) is 4.42. The van der Waals surface area contributed by atoms with Crippen molar-refractivity contribution in [3.05, 3.63) is 5.28 Å². The first-order chi connectivity index (χ1) is 10.2. The van der Waals surface area contributed by atoms with Crippen LogP contribution >= 0.6 is 11.6 Å². The van der Waals surface area contributed by atoms with Gasteiger partial charge in [0.25, 0.3) is 0 Å². The summed E-state index contributed by atoms with van der Waals surface area (Å²) in [6.45, 7) is 5.89. The molecule has 114 valence electrons. The molecule has 0 radical (unpaired) electrons. The molecule has 0 amide bonds. The van der Waals surface area contributed by atoms with Crippen molar-refractivity contribution in [2.45, 2.75) is 31.6 Å². The van der Waals surface area contributed by atoms with Crippen LogP contribution in [-0.2, 0) is 9.47 Å². The Morgan fingerprint density at radius 2 is 1.86 bits per heavy atom. The maximum absolute atomic E-state index is 6.11. The number of aromatic nitrogens is 3. The van der Waals surface area contributed by atoms with E-state index in [4.69, 9.17) is 21.1 Å². The number of ether oxygens (including phenoxy) is 2. The van der Waals surface area contributed by atoms with Crippen LogP contribution in [-0.4, -0.2) is 66.0 Å². The number of halogens is 1. The van der Waals surface area contributed by atoms with Crippen molar-refractivity contribution < 1.29 is 9.47 Å². The normalized spacial score (nSPS) is 32.0. The highest BCUT2D eigenvalue weighted by molar-refractivity contribution is 6.28. The first-order valence-corrected chi connectivity index (χ1v) is 7.73. The number of hydrogen-bond donors (Lipinski definition) is 0. The Hall–Kier alpha value is -1.18.